The Hall–Kier alpha value is -1.84. The molecule has 0 saturated carbocycles. The minimum Gasteiger partial charge on any atom is -0.344 e. The van der Waals surface area contributed by atoms with Gasteiger partial charge < -0.3 is 10.2 Å². The normalized spacial score (nSPS) is 17.4. The van der Waals surface area contributed by atoms with Crippen LogP contribution in [-0.2, 0) is 16.0 Å². The SMILES string of the molecule is C[C@@H](NC(=O)C(C)(C)C)C(=O)N1CCC(Cc2ccccc2)CC1. The standard InChI is InChI=1S/C20H30N2O2/c1-15(21-19(24)20(2,3)4)18(23)22-12-10-17(11-13-22)14-16-8-6-5-7-9-16/h5-9,15,17H,10-14H2,1-4H3,(H,21,24)/t15-/m1/s1. The molecule has 1 atom stereocenters. The summed E-state index contributed by atoms with van der Waals surface area (Å²) in [6.07, 6.45) is 3.14. The Bertz CT molecular complexity index is 555. The highest BCUT2D eigenvalue weighted by atomic mass is 16.2. The summed E-state index contributed by atoms with van der Waals surface area (Å²) >= 11 is 0. The highest BCUT2D eigenvalue weighted by Crippen LogP contribution is 2.22. The van der Waals surface area contributed by atoms with E-state index >= 15 is 0 Å². The Labute approximate surface area is 145 Å². The number of hydrogen-bond donors (Lipinski definition) is 1. The molecule has 0 aliphatic carbocycles. The van der Waals surface area contributed by atoms with Gasteiger partial charge in [-0.25, -0.2) is 0 Å². The second kappa shape index (κ2) is 7.82. The summed E-state index contributed by atoms with van der Waals surface area (Å²) in [4.78, 5) is 26.5. The zero-order valence-corrected chi connectivity index (χ0v) is 15.3. The highest BCUT2D eigenvalue weighted by molar-refractivity contribution is 5.89. The van der Waals surface area contributed by atoms with E-state index in [2.05, 4.69) is 29.6 Å². The lowest BCUT2D eigenvalue weighted by atomic mass is 9.90. The van der Waals surface area contributed by atoms with E-state index in [0.717, 1.165) is 32.4 Å². The van der Waals surface area contributed by atoms with Crippen LogP contribution in [0.4, 0.5) is 0 Å². The number of hydrogen-bond acceptors (Lipinski definition) is 2. The van der Waals surface area contributed by atoms with Crippen molar-refractivity contribution < 1.29 is 9.59 Å². The summed E-state index contributed by atoms with van der Waals surface area (Å²) in [5, 5.41) is 2.84. The summed E-state index contributed by atoms with van der Waals surface area (Å²) in [5.41, 5.74) is 0.894. The number of carbonyl (C=O) groups is 2. The molecule has 24 heavy (non-hydrogen) atoms. The van der Waals surface area contributed by atoms with Crippen LogP contribution in [0.25, 0.3) is 0 Å². The van der Waals surface area contributed by atoms with Crippen molar-refractivity contribution in [2.45, 2.75) is 53.0 Å². The van der Waals surface area contributed by atoms with Crippen molar-refractivity contribution in [2.75, 3.05) is 13.1 Å². The lowest BCUT2D eigenvalue weighted by molar-refractivity contribution is -0.139. The van der Waals surface area contributed by atoms with Crippen LogP contribution in [0.3, 0.4) is 0 Å². The Morgan fingerprint density at radius 2 is 1.75 bits per heavy atom. The Morgan fingerprint density at radius 3 is 2.29 bits per heavy atom. The lowest BCUT2D eigenvalue weighted by Crippen LogP contribution is -2.51. The lowest BCUT2D eigenvalue weighted by Gasteiger charge is -2.34. The van der Waals surface area contributed by atoms with Gasteiger partial charge in [-0.2, -0.15) is 0 Å². The third-order valence-corrected chi connectivity index (χ3v) is 4.69. The molecule has 1 aliphatic heterocycles. The van der Waals surface area contributed by atoms with E-state index in [9.17, 15) is 9.59 Å². The molecule has 1 saturated heterocycles. The van der Waals surface area contributed by atoms with Crippen molar-refractivity contribution in [1.29, 1.82) is 0 Å². The van der Waals surface area contributed by atoms with Crippen molar-refractivity contribution in [3.8, 4) is 0 Å². The van der Waals surface area contributed by atoms with Crippen molar-refractivity contribution in [1.82, 2.24) is 10.2 Å². The van der Waals surface area contributed by atoms with Gasteiger partial charge in [0.15, 0.2) is 0 Å². The van der Waals surface area contributed by atoms with Crippen LogP contribution >= 0.6 is 0 Å². The molecule has 0 radical (unpaired) electrons. The average molecular weight is 330 g/mol. The molecule has 132 valence electrons. The van der Waals surface area contributed by atoms with Crippen LogP contribution in [0.15, 0.2) is 30.3 Å². The van der Waals surface area contributed by atoms with Gasteiger partial charge in [-0.15, -0.1) is 0 Å². The second-order valence-corrected chi connectivity index (χ2v) is 7.90. The fourth-order valence-electron chi connectivity index (χ4n) is 3.05. The van der Waals surface area contributed by atoms with E-state index in [1.165, 1.54) is 5.56 Å². The predicted octanol–water partition coefficient (Wildman–Crippen LogP) is 3.02. The van der Waals surface area contributed by atoms with Crippen LogP contribution in [0.1, 0.15) is 46.1 Å². The summed E-state index contributed by atoms with van der Waals surface area (Å²) in [7, 11) is 0. The molecule has 0 unspecified atom stereocenters. The van der Waals surface area contributed by atoms with Crippen LogP contribution in [0.5, 0.6) is 0 Å². The molecular weight excluding hydrogens is 300 g/mol. The van der Waals surface area contributed by atoms with Crippen LogP contribution in [0, 0.1) is 11.3 Å². The molecule has 4 heteroatoms. The maximum Gasteiger partial charge on any atom is 0.244 e. The number of carbonyl (C=O) groups excluding carboxylic acids is 2. The van der Waals surface area contributed by atoms with E-state index in [-0.39, 0.29) is 11.8 Å². The molecule has 4 nitrogen and oxygen atoms in total. The topological polar surface area (TPSA) is 49.4 Å². The number of amides is 2. The zero-order chi connectivity index (χ0) is 17.7. The van der Waals surface area contributed by atoms with Gasteiger partial charge >= 0.3 is 0 Å². The van der Waals surface area contributed by atoms with Gasteiger partial charge in [-0.05, 0) is 37.7 Å². The van der Waals surface area contributed by atoms with Gasteiger partial charge in [-0.1, -0.05) is 51.1 Å². The first-order valence-corrected chi connectivity index (χ1v) is 8.91. The monoisotopic (exact) mass is 330 g/mol. The van der Waals surface area contributed by atoms with Gasteiger partial charge in [0.25, 0.3) is 0 Å². The van der Waals surface area contributed by atoms with E-state index in [4.69, 9.17) is 0 Å². The first-order chi connectivity index (χ1) is 11.3. The van der Waals surface area contributed by atoms with Crippen molar-refractivity contribution >= 4 is 11.8 Å². The number of nitrogens with one attached hydrogen (secondary N) is 1. The molecule has 1 aromatic carbocycles. The molecule has 1 aliphatic rings. The summed E-state index contributed by atoms with van der Waals surface area (Å²) in [6.45, 7) is 8.91. The Balaban J connectivity index is 1.81. The summed E-state index contributed by atoms with van der Waals surface area (Å²) in [5.74, 6) is 0.587. The van der Waals surface area contributed by atoms with Gasteiger partial charge in [0, 0.05) is 18.5 Å². The largest absolute Gasteiger partial charge is 0.344 e. The molecule has 1 N–H and O–H groups in total. The molecule has 2 amide bonds. The number of likely N-dealkylation sites (tertiary alicyclic amines) is 1. The first kappa shape index (κ1) is 18.5. The fourth-order valence-corrected chi connectivity index (χ4v) is 3.05. The minimum atomic E-state index is -0.475. The van der Waals surface area contributed by atoms with Gasteiger partial charge in [0.1, 0.15) is 6.04 Å². The molecule has 1 fully saturated rings. The number of piperidine rings is 1. The van der Waals surface area contributed by atoms with Gasteiger partial charge in [0.05, 0.1) is 0 Å². The predicted molar refractivity (Wildman–Crippen MR) is 96.5 cm³/mol. The number of benzene rings is 1. The van der Waals surface area contributed by atoms with Crippen LogP contribution < -0.4 is 5.32 Å². The number of nitrogens with zero attached hydrogens (tertiary/aromatic N) is 1. The summed E-state index contributed by atoms with van der Waals surface area (Å²) < 4.78 is 0. The fraction of sp³-hybridized carbons (Fsp3) is 0.600. The molecule has 2 rings (SSSR count). The first-order valence-electron chi connectivity index (χ1n) is 8.91. The Kier molecular flexibility index (Phi) is 6.03. The molecule has 0 spiro atoms. The zero-order valence-electron chi connectivity index (χ0n) is 15.3. The smallest absolute Gasteiger partial charge is 0.244 e. The quantitative estimate of drug-likeness (QED) is 0.922. The van der Waals surface area contributed by atoms with Crippen LogP contribution in [-0.4, -0.2) is 35.8 Å². The van der Waals surface area contributed by atoms with Crippen molar-refractivity contribution in [3.05, 3.63) is 35.9 Å². The summed E-state index contributed by atoms with van der Waals surface area (Å²) in [6, 6.07) is 10.1. The van der Waals surface area contributed by atoms with E-state index in [1.807, 2.05) is 31.7 Å². The molecule has 0 aromatic heterocycles. The third kappa shape index (κ3) is 5.08. The molecular formula is C20H30N2O2. The van der Waals surface area contributed by atoms with E-state index in [1.54, 1.807) is 6.92 Å². The highest BCUT2D eigenvalue weighted by Gasteiger charge is 2.29. The third-order valence-electron chi connectivity index (χ3n) is 4.69. The number of rotatable bonds is 4. The molecule has 0 bridgehead atoms. The van der Waals surface area contributed by atoms with Crippen molar-refractivity contribution in [3.63, 3.8) is 0 Å². The maximum absolute atomic E-state index is 12.5. The molecule has 1 heterocycles. The minimum absolute atomic E-state index is 0.0331. The van der Waals surface area contributed by atoms with E-state index in [0.29, 0.717) is 5.92 Å². The Morgan fingerprint density at radius 1 is 1.17 bits per heavy atom. The van der Waals surface area contributed by atoms with Crippen LogP contribution in [0.2, 0.25) is 0 Å². The molecule has 1 aromatic rings. The van der Waals surface area contributed by atoms with Crippen molar-refractivity contribution in [2.24, 2.45) is 11.3 Å². The second-order valence-electron chi connectivity index (χ2n) is 7.90. The van der Waals surface area contributed by atoms with Gasteiger partial charge in [-0.3, -0.25) is 9.59 Å². The maximum atomic E-state index is 12.5. The average Bonchev–Trinajstić information content (AvgIpc) is 2.55. The van der Waals surface area contributed by atoms with E-state index < -0.39 is 11.5 Å². The van der Waals surface area contributed by atoms with Gasteiger partial charge in [0.2, 0.25) is 11.8 Å².